The van der Waals surface area contributed by atoms with Gasteiger partial charge in [-0.1, -0.05) is 30.1 Å². The van der Waals surface area contributed by atoms with Crippen LogP contribution in [0, 0.1) is 18.7 Å². The second kappa shape index (κ2) is 5.85. The van der Waals surface area contributed by atoms with Gasteiger partial charge < -0.3 is 0 Å². The predicted octanol–water partition coefficient (Wildman–Crippen LogP) is 3.94. The fourth-order valence-electron chi connectivity index (χ4n) is 0.893. The molecule has 70 valence electrons. The highest BCUT2D eigenvalue weighted by atomic mass is 35.5. The molecule has 1 aromatic rings. The van der Waals surface area contributed by atoms with Crippen LogP contribution in [-0.4, -0.2) is 0 Å². The summed E-state index contributed by atoms with van der Waals surface area (Å²) in [4.78, 5) is 0. The Bertz CT molecular complexity index is 305. The van der Waals surface area contributed by atoms with Crippen molar-refractivity contribution in [3.8, 4) is 12.8 Å². The van der Waals surface area contributed by atoms with E-state index in [1.54, 1.807) is 0 Å². The van der Waals surface area contributed by atoms with Crippen molar-refractivity contribution in [2.24, 2.45) is 0 Å². The number of terminal acetylenes is 1. The van der Waals surface area contributed by atoms with E-state index in [2.05, 4.69) is 12.8 Å². The Morgan fingerprint density at radius 3 is 2.23 bits per heavy atom. The van der Waals surface area contributed by atoms with Crippen molar-refractivity contribution >= 4 is 23.2 Å². The van der Waals surface area contributed by atoms with Crippen molar-refractivity contribution in [1.82, 2.24) is 0 Å². The van der Waals surface area contributed by atoms with Crippen LogP contribution in [0.2, 0.25) is 10.0 Å². The molecule has 0 atom stereocenters. The van der Waals surface area contributed by atoms with Gasteiger partial charge in [0, 0.05) is 5.02 Å². The molecule has 0 amide bonds. The highest BCUT2D eigenvalue weighted by Gasteiger charge is 2.07. The molecule has 0 unspecified atom stereocenters. The summed E-state index contributed by atoms with van der Waals surface area (Å²) in [6.07, 6.45) is 8.65. The predicted molar refractivity (Wildman–Crippen MR) is 55.7 cm³/mol. The molecule has 0 fully saturated rings. The monoisotopic (exact) mass is 218 g/mol. The molecule has 0 aliphatic rings. The zero-order chi connectivity index (χ0) is 10.4. The Balaban J connectivity index is 0.000000671. The quantitative estimate of drug-likeness (QED) is 0.495. The third-order valence-corrected chi connectivity index (χ3v) is 2.26. The van der Waals surface area contributed by atoms with E-state index in [-0.39, 0.29) is 5.02 Å². The van der Waals surface area contributed by atoms with Gasteiger partial charge in [0.25, 0.3) is 0 Å². The van der Waals surface area contributed by atoms with Crippen LogP contribution in [0.25, 0.3) is 0 Å². The third-order valence-electron chi connectivity index (χ3n) is 1.49. The minimum absolute atomic E-state index is 0.139. The number of hydrogen-bond donors (Lipinski definition) is 0. The van der Waals surface area contributed by atoms with E-state index in [4.69, 9.17) is 23.2 Å². The van der Waals surface area contributed by atoms with Crippen molar-refractivity contribution in [2.75, 3.05) is 0 Å². The van der Waals surface area contributed by atoms with Crippen molar-refractivity contribution < 1.29 is 4.39 Å². The summed E-state index contributed by atoms with van der Waals surface area (Å²) in [5.74, 6) is -0.409. The second-order valence-corrected chi connectivity index (χ2v) is 2.96. The Labute approximate surface area is 87.7 Å². The average Bonchev–Trinajstić information content (AvgIpc) is 2.16. The van der Waals surface area contributed by atoms with Gasteiger partial charge in [-0.15, -0.1) is 12.8 Å². The third kappa shape index (κ3) is 2.91. The number of hydrogen-bond acceptors (Lipinski definition) is 0. The first-order valence-electron chi connectivity index (χ1n) is 3.62. The van der Waals surface area contributed by atoms with E-state index >= 15 is 0 Å². The Morgan fingerprint density at radius 2 is 1.85 bits per heavy atom. The Hall–Kier alpha value is -0.710. The van der Waals surface area contributed by atoms with Gasteiger partial charge in [0.05, 0.1) is 5.02 Å². The molecule has 0 aliphatic heterocycles. The first-order chi connectivity index (χ1) is 6.16. The summed E-state index contributed by atoms with van der Waals surface area (Å²) in [6, 6.07) is 2.78. The zero-order valence-corrected chi connectivity index (χ0v) is 8.66. The molecule has 1 aromatic carbocycles. The normalized spacial score (nSPS) is 8.77. The standard InChI is InChI=1S/C8H7Cl2F.C2H2/c1-2-5-6(9)3-4-7(11)8(5)10;1-2/h3-4H,2H2,1H3;1-2H. The van der Waals surface area contributed by atoms with Gasteiger partial charge >= 0.3 is 0 Å². The highest BCUT2D eigenvalue weighted by Crippen LogP contribution is 2.27. The molecule has 0 spiro atoms. The summed E-state index contributed by atoms with van der Waals surface area (Å²) in [5.41, 5.74) is 0.674. The molecule has 0 nitrogen and oxygen atoms in total. The van der Waals surface area contributed by atoms with Crippen LogP contribution in [0.3, 0.4) is 0 Å². The molecule has 3 heteroatoms. The topological polar surface area (TPSA) is 0 Å². The summed E-state index contributed by atoms with van der Waals surface area (Å²) in [5, 5.41) is 0.666. The molecular weight excluding hydrogens is 210 g/mol. The van der Waals surface area contributed by atoms with Crippen molar-refractivity contribution in [1.29, 1.82) is 0 Å². The summed E-state index contributed by atoms with van der Waals surface area (Å²) >= 11 is 11.4. The smallest absolute Gasteiger partial charge is 0.142 e. The lowest BCUT2D eigenvalue weighted by Crippen LogP contribution is -1.87. The van der Waals surface area contributed by atoms with Crippen LogP contribution >= 0.6 is 23.2 Å². The fourth-order valence-corrected chi connectivity index (χ4v) is 1.53. The molecular formula is C10H9Cl2F. The Morgan fingerprint density at radius 1 is 1.31 bits per heavy atom. The number of halogens is 3. The van der Waals surface area contributed by atoms with Crippen LogP contribution in [-0.2, 0) is 6.42 Å². The maximum Gasteiger partial charge on any atom is 0.142 e. The number of rotatable bonds is 1. The van der Waals surface area contributed by atoms with Gasteiger partial charge in [0.2, 0.25) is 0 Å². The van der Waals surface area contributed by atoms with E-state index in [0.29, 0.717) is 17.0 Å². The van der Waals surface area contributed by atoms with Crippen LogP contribution in [0.15, 0.2) is 12.1 Å². The van der Waals surface area contributed by atoms with Crippen LogP contribution < -0.4 is 0 Å². The highest BCUT2D eigenvalue weighted by molar-refractivity contribution is 6.36. The molecule has 0 N–H and O–H groups in total. The fraction of sp³-hybridized carbons (Fsp3) is 0.200. The maximum absolute atomic E-state index is 12.8. The Kier molecular flexibility index (Phi) is 5.53. The van der Waals surface area contributed by atoms with E-state index in [1.807, 2.05) is 6.92 Å². The van der Waals surface area contributed by atoms with Gasteiger partial charge in [-0.3, -0.25) is 0 Å². The van der Waals surface area contributed by atoms with Crippen molar-refractivity contribution in [3.05, 3.63) is 33.6 Å². The van der Waals surface area contributed by atoms with Crippen molar-refractivity contribution in [3.63, 3.8) is 0 Å². The average molecular weight is 219 g/mol. The second-order valence-electron chi connectivity index (χ2n) is 2.18. The lowest BCUT2D eigenvalue weighted by atomic mass is 10.2. The summed E-state index contributed by atoms with van der Waals surface area (Å²) in [6.45, 7) is 1.88. The van der Waals surface area contributed by atoms with Gasteiger partial charge in [-0.25, -0.2) is 4.39 Å². The zero-order valence-electron chi connectivity index (χ0n) is 7.15. The van der Waals surface area contributed by atoms with Crippen LogP contribution in [0.1, 0.15) is 12.5 Å². The SMILES string of the molecule is C#C.CCc1c(Cl)ccc(F)c1Cl. The molecule has 0 aliphatic carbocycles. The summed E-state index contributed by atoms with van der Waals surface area (Å²) < 4.78 is 12.8. The van der Waals surface area contributed by atoms with Gasteiger partial charge in [0.1, 0.15) is 5.82 Å². The largest absolute Gasteiger partial charge is 0.205 e. The lowest BCUT2D eigenvalue weighted by Gasteiger charge is -2.03. The molecule has 0 bridgehead atoms. The van der Waals surface area contributed by atoms with Crippen molar-refractivity contribution in [2.45, 2.75) is 13.3 Å². The first kappa shape index (κ1) is 12.3. The number of benzene rings is 1. The molecule has 0 saturated heterocycles. The first-order valence-corrected chi connectivity index (χ1v) is 4.38. The van der Waals surface area contributed by atoms with E-state index < -0.39 is 5.82 Å². The molecule has 0 heterocycles. The maximum atomic E-state index is 12.8. The minimum Gasteiger partial charge on any atom is -0.205 e. The van der Waals surface area contributed by atoms with E-state index in [1.165, 1.54) is 12.1 Å². The lowest BCUT2D eigenvalue weighted by molar-refractivity contribution is 0.626. The van der Waals surface area contributed by atoms with E-state index in [0.717, 1.165) is 0 Å². The molecule has 0 aromatic heterocycles. The summed E-state index contributed by atoms with van der Waals surface area (Å²) in [7, 11) is 0. The van der Waals surface area contributed by atoms with Gasteiger partial charge in [-0.05, 0) is 24.1 Å². The van der Waals surface area contributed by atoms with Crippen LogP contribution in [0.5, 0.6) is 0 Å². The van der Waals surface area contributed by atoms with Crippen LogP contribution in [0.4, 0.5) is 4.39 Å². The molecule has 1 rings (SSSR count). The van der Waals surface area contributed by atoms with E-state index in [9.17, 15) is 4.39 Å². The molecule has 0 saturated carbocycles. The minimum atomic E-state index is -0.409. The van der Waals surface area contributed by atoms with Gasteiger partial charge in [-0.2, -0.15) is 0 Å². The van der Waals surface area contributed by atoms with Gasteiger partial charge in [0.15, 0.2) is 0 Å². The molecule has 0 radical (unpaired) electrons. The molecule has 13 heavy (non-hydrogen) atoms.